The van der Waals surface area contributed by atoms with Crippen LogP contribution in [0.25, 0.3) is 5.65 Å². The standard InChI is InChI=1S/C29H36FN7O3/c1-4-26(39)36-10-7-20(17-36)25(38)14-19-5-6-24(30)21(13-19)15-31-29-35-28(33-22-8-11-40-12-9-22)34-27-23(18(2)3)16-32-37(27)29/h4-6,13,16,18,20,22H,1,7-12,14-15,17H2,2-3H3,(H2,31,33,34,35). The average molecular weight is 550 g/mol. The lowest BCUT2D eigenvalue weighted by Crippen LogP contribution is -2.29. The maximum Gasteiger partial charge on any atom is 0.245 e. The van der Waals surface area contributed by atoms with E-state index >= 15 is 0 Å². The highest BCUT2D eigenvalue weighted by molar-refractivity contribution is 5.89. The highest BCUT2D eigenvalue weighted by Crippen LogP contribution is 2.24. The average Bonchev–Trinajstić information content (AvgIpc) is 3.61. The zero-order chi connectivity index (χ0) is 28.2. The van der Waals surface area contributed by atoms with E-state index in [1.165, 1.54) is 12.1 Å². The van der Waals surface area contributed by atoms with Crippen LogP contribution in [0.1, 0.15) is 55.7 Å². The molecule has 5 rings (SSSR count). The smallest absolute Gasteiger partial charge is 0.245 e. The van der Waals surface area contributed by atoms with Crippen molar-refractivity contribution in [3.05, 3.63) is 59.6 Å². The van der Waals surface area contributed by atoms with Crippen LogP contribution in [0.15, 0.2) is 37.1 Å². The molecule has 2 aliphatic heterocycles. The third-order valence-corrected chi connectivity index (χ3v) is 7.63. The van der Waals surface area contributed by atoms with E-state index in [2.05, 4.69) is 41.1 Å². The van der Waals surface area contributed by atoms with E-state index in [4.69, 9.17) is 9.72 Å². The lowest BCUT2D eigenvalue weighted by molar-refractivity contribution is -0.125. The van der Waals surface area contributed by atoms with Gasteiger partial charge in [-0.1, -0.05) is 32.6 Å². The van der Waals surface area contributed by atoms with Gasteiger partial charge in [0.2, 0.25) is 17.8 Å². The Balaban J connectivity index is 1.32. The van der Waals surface area contributed by atoms with Crippen molar-refractivity contribution in [2.75, 3.05) is 36.9 Å². The molecule has 3 aromatic rings. The third kappa shape index (κ3) is 6.14. The predicted octanol–water partition coefficient (Wildman–Crippen LogP) is 3.74. The van der Waals surface area contributed by atoms with E-state index in [1.54, 1.807) is 27.7 Å². The van der Waals surface area contributed by atoms with E-state index in [9.17, 15) is 14.0 Å². The van der Waals surface area contributed by atoms with Crippen molar-refractivity contribution in [1.82, 2.24) is 24.5 Å². The number of benzene rings is 1. The normalized spacial score (nSPS) is 17.9. The summed E-state index contributed by atoms with van der Waals surface area (Å²) in [7, 11) is 0. The van der Waals surface area contributed by atoms with Crippen molar-refractivity contribution >= 4 is 29.2 Å². The largest absolute Gasteiger partial charge is 0.381 e. The molecule has 0 radical (unpaired) electrons. The molecule has 11 heteroatoms. The molecule has 0 bridgehead atoms. The van der Waals surface area contributed by atoms with Gasteiger partial charge in [-0.15, -0.1) is 0 Å². The first kappa shape index (κ1) is 27.7. The summed E-state index contributed by atoms with van der Waals surface area (Å²) in [5.41, 5.74) is 2.84. The van der Waals surface area contributed by atoms with Gasteiger partial charge in [-0.05, 0) is 42.9 Å². The minimum absolute atomic E-state index is 0.0453. The molecule has 10 nitrogen and oxygen atoms in total. The van der Waals surface area contributed by atoms with Gasteiger partial charge in [0.05, 0.1) is 6.20 Å². The molecule has 2 aromatic heterocycles. The number of amides is 1. The highest BCUT2D eigenvalue weighted by Gasteiger charge is 2.30. The van der Waals surface area contributed by atoms with Crippen LogP contribution in [0.4, 0.5) is 16.3 Å². The van der Waals surface area contributed by atoms with Crippen LogP contribution in [0.3, 0.4) is 0 Å². The molecule has 2 saturated heterocycles. The van der Waals surface area contributed by atoms with Crippen LogP contribution in [0.2, 0.25) is 0 Å². The Hall–Kier alpha value is -3.86. The van der Waals surface area contributed by atoms with E-state index in [1.807, 2.05) is 0 Å². The van der Waals surface area contributed by atoms with Crippen LogP contribution in [0, 0.1) is 11.7 Å². The topological polar surface area (TPSA) is 114 Å². The second-order valence-electron chi connectivity index (χ2n) is 10.8. The number of aromatic nitrogens is 4. The SMILES string of the molecule is C=CC(=O)N1CCC(C(=O)Cc2ccc(F)c(CNc3nc(NC4CCOCC4)nc4c(C(C)C)cnn34)c2)C1. The molecule has 2 aliphatic rings. The van der Waals surface area contributed by atoms with Crippen molar-refractivity contribution in [2.45, 2.75) is 58.0 Å². The molecule has 4 heterocycles. The van der Waals surface area contributed by atoms with Crippen molar-refractivity contribution in [1.29, 1.82) is 0 Å². The van der Waals surface area contributed by atoms with Gasteiger partial charge >= 0.3 is 0 Å². The Bertz CT molecular complexity index is 1400. The molecule has 1 amide bonds. The Kier molecular flexibility index (Phi) is 8.39. The van der Waals surface area contributed by atoms with Crippen LogP contribution in [-0.2, 0) is 27.3 Å². The number of likely N-dealkylation sites (tertiary alicyclic amines) is 1. The van der Waals surface area contributed by atoms with Crippen LogP contribution in [0.5, 0.6) is 0 Å². The van der Waals surface area contributed by atoms with Gasteiger partial charge < -0.3 is 20.3 Å². The number of Topliss-reactive ketones (excluding diaryl/α,β-unsaturated/α-hetero) is 1. The van der Waals surface area contributed by atoms with Crippen LogP contribution in [-0.4, -0.2) is 68.5 Å². The monoisotopic (exact) mass is 549 g/mol. The number of halogens is 1. The number of carbonyl (C=O) groups is 2. The minimum atomic E-state index is -0.374. The van der Waals surface area contributed by atoms with Gasteiger partial charge in [-0.3, -0.25) is 9.59 Å². The van der Waals surface area contributed by atoms with Crippen LogP contribution >= 0.6 is 0 Å². The predicted molar refractivity (Wildman–Crippen MR) is 150 cm³/mol. The number of ether oxygens (including phenoxy) is 1. The zero-order valence-electron chi connectivity index (χ0n) is 23.0. The fourth-order valence-corrected chi connectivity index (χ4v) is 5.25. The van der Waals surface area contributed by atoms with E-state index in [0.717, 1.165) is 24.0 Å². The molecule has 1 atom stereocenters. The summed E-state index contributed by atoms with van der Waals surface area (Å²) in [6, 6.07) is 4.95. The summed E-state index contributed by atoms with van der Waals surface area (Å²) in [5, 5.41) is 11.2. The van der Waals surface area contributed by atoms with E-state index in [-0.39, 0.29) is 48.4 Å². The van der Waals surface area contributed by atoms with Gasteiger partial charge in [0.25, 0.3) is 0 Å². The Morgan fingerprint density at radius 2 is 2.02 bits per heavy atom. The van der Waals surface area contributed by atoms with Crippen molar-refractivity contribution < 1.29 is 18.7 Å². The van der Waals surface area contributed by atoms with Gasteiger partial charge in [0.15, 0.2) is 5.65 Å². The maximum absolute atomic E-state index is 14.8. The number of anilines is 2. The molecule has 0 saturated carbocycles. The van der Waals surface area contributed by atoms with Crippen molar-refractivity contribution in [3.63, 3.8) is 0 Å². The Morgan fingerprint density at radius 1 is 1.23 bits per heavy atom. The highest BCUT2D eigenvalue weighted by atomic mass is 19.1. The molecule has 0 spiro atoms. The maximum atomic E-state index is 14.8. The summed E-state index contributed by atoms with van der Waals surface area (Å²) in [5.74, 6) is 0.444. The zero-order valence-corrected chi connectivity index (χ0v) is 23.0. The number of hydrogen-bond acceptors (Lipinski definition) is 8. The molecule has 212 valence electrons. The first-order valence-corrected chi connectivity index (χ1v) is 13.9. The molecular weight excluding hydrogens is 513 g/mol. The van der Waals surface area contributed by atoms with E-state index < -0.39 is 0 Å². The van der Waals surface area contributed by atoms with Gasteiger partial charge in [-0.2, -0.15) is 19.6 Å². The molecule has 1 aromatic carbocycles. The number of rotatable bonds is 10. The number of carbonyl (C=O) groups excluding carboxylic acids is 2. The summed E-state index contributed by atoms with van der Waals surface area (Å²) in [6.07, 6.45) is 5.61. The summed E-state index contributed by atoms with van der Waals surface area (Å²) in [6.45, 7) is 10.2. The number of nitrogens with one attached hydrogen (secondary N) is 2. The molecule has 0 aliphatic carbocycles. The molecule has 1 unspecified atom stereocenters. The number of nitrogens with zero attached hydrogens (tertiary/aromatic N) is 5. The summed E-state index contributed by atoms with van der Waals surface area (Å²) < 4.78 is 22.0. The Labute approximate surface area is 233 Å². The first-order valence-electron chi connectivity index (χ1n) is 13.9. The molecule has 40 heavy (non-hydrogen) atoms. The van der Waals surface area contributed by atoms with Gasteiger partial charge in [-0.25, -0.2) is 4.39 Å². The second-order valence-corrected chi connectivity index (χ2v) is 10.8. The van der Waals surface area contributed by atoms with Crippen molar-refractivity contribution in [3.8, 4) is 0 Å². The van der Waals surface area contributed by atoms with Gasteiger partial charge in [0, 0.05) is 62.4 Å². The lowest BCUT2D eigenvalue weighted by Gasteiger charge is -2.23. The van der Waals surface area contributed by atoms with E-state index in [0.29, 0.717) is 55.8 Å². The fourth-order valence-electron chi connectivity index (χ4n) is 5.25. The number of ketones is 1. The van der Waals surface area contributed by atoms with Crippen LogP contribution < -0.4 is 10.6 Å². The van der Waals surface area contributed by atoms with Crippen molar-refractivity contribution in [2.24, 2.45) is 5.92 Å². The fraction of sp³-hybridized carbons (Fsp3) is 0.483. The Morgan fingerprint density at radius 3 is 2.77 bits per heavy atom. The molecular formula is C29H36FN7O3. The third-order valence-electron chi connectivity index (χ3n) is 7.63. The lowest BCUT2D eigenvalue weighted by atomic mass is 9.96. The minimum Gasteiger partial charge on any atom is -0.381 e. The molecule has 2 fully saturated rings. The summed E-state index contributed by atoms with van der Waals surface area (Å²) in [4.78, 5) is 35.9. The molecule has 2 N–H and O–H groups in total. The first-order chi connectivity index (χ1) is 19.3. The van der Waals surface area contributed by atoms with Gasteiger partial charge in [0.1, 0.15) is 11.6 Å². The quantitative estimate of drug-likeness (QED) is 0.368. The second kappa shape index (κ2) is 12.1. The summed E-state index contributed by atoms with van der Waals surface area (Å²) >= 11 is 0. The number of hydrogen-bond donors (Lipinski definition) is 2. The number of fused-ring (bicyclic) bond motifs is 1.